The maximum atomic E-state index is 12.4. The first-order valence-corrected chi connectivity index (χ1v) is 10.8. The highest BCUT2D eigenvalue weighted by Crippen LogP contribution is 2.26. The third-order valence-corrected chi connectivity index (χ3v) is 5.79. The van der Waals surface area contributed by atoms with Crippen LogP contribution >= 0.6 is 11.8 Å². The highest BCUT2D eigenvalue weighted by molar-refractivity contribution is 7.99. The van der Waals surface area contributed by atoms with Crippen molar-refractivity contribution >= 4 is 17.7 Å². The fourth-order valence-corrected chi connectivity index (χ4v) is 3.92. The average Bonchev–Trinajstić information content (AvgIpc) is 3.25. The van der Waals surface area contributed by atoms with E-state index >= 15 is 0 Å². The zero-order chi connectivity index (χ0) is 21.0. The molecule has 0 fully saturated rings. The first-order valence-electron chi connectivity index (χ1n) is 9.80. The summed E-state index contributed by atoms with van der Waals surface area (Å²) in [5.74, 6) is 2.41. The van der Waals surface area contributed by atoms with E-state index in [0.29, 0.717) is 11.1 Å². The SMILES string of the molecule is Cc1occc1-c1nnc(SCC(=O)N[C@H](C)c2ccc(CC(C)C)cc2)n1C. The summed E-state index contributed by atoms with van der Waals surface area (Å²) in [5.41, 5.74) is 3.34. The van der Waals surface area contributed by atoms with E-state index in [2.05, 4.69) is 53.6 Å². The number of thioether (sulfide) groups is 1. The van der Waals surface area contributed by atoms with E-state index in [1.807, 2.05) is 31.5 Å². The Morgan fingerprint density at radius 2 is 1.90 bits per heavy atom. The number of hydrogen-bond acceptors (Lipinski definition) is 5. The summed E-state index contributed by atoms with van der Waals surface area (Å²) in [7, 11) is 1.89. The number of nitrogens with zero attached hydrogens (tertiary/aromatic N) is 3. The second-order valence-corrected chi connectivity index (χ2v) is 8.62. The lowest BCUT2D eigenvalue weighted by Crippen LogP contribution is -2.28. The number of hydrogen-bond donors (Lipinski definition) is 1. The van der Waals surface area contributed by atoms with E-state index in [1.54, 1.807) is 6.26 Å². The Bertz CT molecular complexity index is 960. The molecule has 2 aromatic heterocycles. The number of furan rings is 1. The summed E-state index contributed by atoms with van der Waals surface area (Å²) in [6.07, 6.45) is 2.70. The topological polar surface area (TPSA) is 72.9 Å². The second-order valence-electron chi connectivity index (χ2n) is 7.67. The van der Waals surface area contributed by atoms with E-state index in [9.17, 15) is 4.79 Å². The van der Waals surface area contributed by atoms with Gasteiger partial charge in [0.2, 0.25) is 5.91 Å². The average molecular weight is 413 g/mol. The van der Waals surface area contributed by atoms with Crippen LogP contribution in [0.4, 0.5) is 0 Å². The number of aromatic nitrogens is 3. The van der Waals surface area contributed by atoms with Crippen LogP contribution in [-0.4, -0.2) is 26.4 Å². The van der Waals surface area contributed by atoms with Gasteiger partial charge in [0.1, 0.15) is 5.76 Å². The largest absolute Gasteiger partial charge is 0.469 e. The van der Waals surface area contributed by atoms with Crippen molar-refractivity contribution in [3.63, 3.8) is 0 Å². The molecule has 0 aliphatic heterocycles. The minimum absolute atomic E-state index is 0.0298. The van der Waals surface area contributed by atoms with Gasteiger partial charge in [0, 0.05) is 7.05 Å². The van der Waals surface area contributed by atoms with E-state index in [1.165, 1.54) is 17.3 Å². The van der Waals surface area contributed by atoms with Crippen molar-refractivity contribution < 1.29 is 9.21 Å². The third kappa shape index (κ3) is 5.29. The number of rotatable bonds is 8. The van der Waals surface area contributed by atoms with Crippen LogP contribution in [0, 0.1) is 12.8 Å². The second kappa shape index (κ2) is 9.31. The molecular formula is C22H28N4O2S. The van der Waals surface area contributed by atoms with Crippen LogP contribution in [0.25, 0.3) is 11.4 Å². The van der Waals surface area contributed by atoms with Crippen molar-refractivity contribution in [2.45, 2.75) is 45.3 Å². The summed E-state index contributed by atoms with van der Waals surface area (Å²) in [5, 5.41) is 12.2. The van der Waals surface area contributed by atoms with Crippen molar-refractivity contribution in [3.05, 3.63) is 53.5 Å². The molecule has 1 N–H and O–H groups in total. The Kier molecular flexibility index (Phi) is 6.79. The molecule has 0 aliphatic rings. The van der Waals surface area contributed by atoms with Gasteiger partial charge in [-0.25, -0.2) is 0 Å². The number of aryl methyl sites for hydroxylation is 1. The van der Waals surface area contributed by atoms with E-state index in [4.69, 9.17) is 4.42 Å². The number of carbonyl (C=O) groups excluding carboxylic acids is 1. The first-order chi connectivity index (χ1) is 13.8. The van der Waals surface area contributed by atoms with Crippen LogP contribution < -0.4 is 5.32 Å². The maximum Gasteiger partial charge on any atom is 0.230 e. The molecule has 1 amide bonds. The molecule has 2 heterocycles. The van der Waals surface area contributed by atoms with Crippen molar-refractivity contribution in [1.29, 1.82) is 0 Å². The summed E-state index contributed by atoms with van der Waals surface area (Å²) in [6, 6.07) is 10.3. The highest BCUT2D eigenvalue weighted by Gasteiger charge is 2.16. The molecule has 0 saturated heterocycles. The highest BCUT2D eigenvalue weighted by atomic mass is 32.2. The third-order valence-electron chi connectivity index (χ3n) is 4.77. The van der Waals surface area contributed by atoms with E-state index < -0.39 is 0 Å². The Hall–Kier alpha value is -2.54. The Balaban J connectivity index is 1.55. The fraction of sp³-hybridized carbons (Fsp3) is 0.409. The Labute approximate surface area is 176 Å². The van der Waals surface area contributed by atoms with Gasteiger partial charge >= 0.3 is 0 Å². The van der Waals surface area contributed by atoms with Gasteiger partial charge in [0.15, 0.2) is 11.0 Å². The number of amides is 1. The standard InChI is InChI=1S/C22H28N4O2S/c1-14(2)12-17-6-8-18(9-7-17)15(3)23-20(27)13-29-22-25-24-21(26(22)5)19-10-11-28-16(19)4/h6-11,14-15H,12-13H2,1-5H3,(H,23,27)/t15-/m1/s1. The molecule has 1 aromatic carbocycles. The van der Waals surface area contributed by atoms with Gasteiger partial charge in [-0.05, 0) is 43.4 Å². The zero-order valence-electron chi connectivity index (χ0n) is 17.6. The van der Waals surface area contributed by atoms with E-state index in [-0.39, 0.29) is 17.7 Å². The lowest BCUT2D eigenvalue weighted by atomic mass is 10.00. The maximum absolute atomic E-state index is 12.4. The summed E-state index contributed by atoms with van der Waals surface area (Å²) < 4.78 is 7.22. The predicted octanol–water partition coefficient (Wildman–Crippen LogP) is 4.55. The monoisotopic (exact) mass is 412 g/mol. The van der Waals surface area contributed by atoms with Gasteiger partial charge in [-0.15, -0.1) is 10.2 Å². The minimum Gasteiger partial charge on any atom is -0.469 e. The number of nitrogens with one attached hydrogen (secondary N) is 1. The van der Waals surface area contributed by atoms with Gasteiger partial charge < -0.3 is 14.3 Å². The molecule has 7 heteroatoms. The van der Waals surface area contributed by atoms with Crippen molar-refractivity contribution in [2.24, 2.45) is 13.0 Å². The molecule has 0 spiro atoms. The molecule has 0 unspecified atom stereocenters. The van der Waals surface area contributed by atoms with Gasteiger partial charge in [-0.3, -0.25) is 4.79 Å². The van der Waals surface area contributed by atoms with Crippen LogP contribution in [0.1, 0.15) is 43.7 Å². The fourth-order valence-electron chi connectivity index (χ4n) is 3.20. The molecular weight excluding hydrogens is 384 g/mol. The lowest BCUT2D eigenvalue weighted by molar-refractivity contribution is -0.119. The molecule has 0 saturated carbocycles. The normalized spacial score (nSPS) is 12.3. The van der Waals surface area contributed by atoms with Crippen LogP contribution in [0.15, 0.2) is 46.2 Å². The van der Waals surface area contributed by atoms with Crippen LogP contribution in [0.2, 0.25) is 0 Å². The zero-order valence-corrected chi connectivity index (χ0v) is 18.4. The minimum atomic E-state index is -0.0418. The lowest BCUT2D eigenvalue weighted by Gasteiger charge is -2.15. The first kappa shape index (κ1) is 21.2. The van der Waals surface area contributed by atoms with Gasteiger partial charge in [-0.1, -0.05) is 49.9 Å². The van der Waals surface area contributed by atoms with Crippen molar-refractivity contribution in [3.8, 4) is 11.4 Å². The number of benzene rings is 1. The van der Waals surface area contributed by atoms with Crippen LogP contribution in [-0.2, 0) is 18.3 Å². The smallest absolute Gasteiger partial charge is 0.230 e. The van der Waals surface area contributed by atoms with Crippen LogP contribution in [0.5, 0.6) is 0 Å². The quantitative estimate of drug-likeness (QED) is 0.550. The van der Waals surface area contributed by atoms with Crippen molar-refractivity contribution in [1.82, 2.24) is 20.1 Å². The van der Waals surface area contributed by atoms with Gasteiger partial charge in [-0.2, -0.15) is 0 Å². The number of carbonyl (C=O) groups is 1. The molecule has 3 rings (SSSR count). The van der Waals surface area contributed by atoms with Crippen molar-refractivity contribution in [2.75, 3.05) is 5.75 Å². The van der Waals surface area contributed by atoms with E-state index in [0.717, 1.165) is 29.1 Å². The molecule has 29 heavy (non-hydrogen) atoms. The Morgan fingerprint density at radius 3 is 2.52 bits per heavy atom. The van der Waals surface area contributed by atoms with Gasteiger partial charge in [0.25, 0.3) is 0 Å². The van der Waals surface area contributed by atoms with Crippen LogP contribution in [0.3, 0.4) is 0 Å². The molecule has 0 aliphatic carbocycles. The van der Waals surface area contributed by atoms with Gasteiger partial charge in [0.05, 0.1) is 23.6 Å². The molecule has 0 radical (unpaired) electrons. The molecule has 6 nitrogen and oxygen atoms in total. The molecule has 154 valence electrons. The summed E-state index contributed by atoms with van der Waals surface area (Å²) >= 11 is 1.37. The molecule has 1 atom stereocenters. The molecule has 0 bridgehead atoms. The summed E-state index contributed by atoms with van der Waals surface area (Å²) in [4.78, 5) is 12.4. The predicted molar refractivity (Wildman–Crippen MR) is 116 cm³/mol. The Morgan fingerprint density at radius 1 is 1.17 bits per heavy atom. The molecule has 3 aromatic rings. The summed E-state index contributed by atoms with van der Waals surface area (Å²) in [6.45, 7) is 8.32.